The van der Waals surface area contributed by atoms with Crippen molar-refractivity contribution in [3.63, 3.8) is 0 Å². The molecule has 0 saturated carbocycles. The zero-order valence-electron chi connectivity index (χ0n) is 6.56. The Balaban J connectivity index is 2.09. The summed E-state index contributed by atoms with van der Waals surface area (Å²) in [6, 6.07) is 0. The fourth-order valence-electron chi connectivity index (χ4n) is 0.723. The summed E-state index contributed by atoms with van der Waals surface area (Å²) >= 11 is 4.53. The molecule has 0 bridgehead atoms. The number of amides is 1. The van der Waals surface area contributed by atoms with Crippen molar-refractivity contribution in [2.24, 2.45) is 0 Å². The van der Waals surface area contributed by atoms with Crippen LogP contribution in [0.4, 0.5) is 5.13 Å². The van der Waals surface area contributed by atoms with Crippen molar-refractivity contribution < 1.29 is 4.79 Å². The fraction of sp³-hybridized carbons (Fsp3) is 0. The number of thiazole rings is 1. The molecule has 9 heteroatoms. The molecule has 0 aliphatic rings. The van der Waals surface area contributed by atoms with Gasteiger partial charge in [0, 0.05) is 0 Å². The van der Waals surface area contributed by atoms with Gasteiger partial charge in [-0.2, -0.15) is 5.21 Å². The molecular weight excluding hydrogens is 272 g/mol. The second kappa shape index (κ2) is 3.80. The first kappa shape index (κ1) is 9.21. The SMILES string of the molecule is O=C(Nc1ncc(Br)s1)c1nn[nH]n1. The minimum atomic E-state index is -0.444. The van der Waals surface area contributed by atoms with Crippen molar-refractivity contribution in [1.82, 2.24) is 25.6 Å². The zero-order valence-corrected chi connectivity index (χ0v) is 8.96. The topological polar surface area (TPSA) is 96.5 Å². The summed E-state index contributed by atoms with van der Waals surface area (Å²) in [4.78, 5) is 15.3. The van der Waals surface area contributed by atoms with E-state index in [0.717, 1.165) is 3.79 Å². The Kier molecular flexibility index (Phi) is 2.50. The normalized spacial score (nSPS) is 10.1. The van der Waals surface area contributed by atoms with Crippen molar-refractivity contribution in [2.75, 3.05) is 5.32 Å². The molecule has 0 unspecified atom stereocenters. The third-order valence-corrected chi connectivity index (χ3v) is 2.64. The summed E-state index contributed by atoms with van der Waals surface area (Å²) in [6.45, 7) is 0. The van der Waals surface area contributed by atoms with Crippen molar-refractivity contribution >= 4 is 38.3 Å². The summed E-state index contributed by atoms with van der Waals surface area (Å²) in [6.07, 6.45) is 1.59. The highest BCUT2D eigenvalue weighted by Crippen LogP contribution is 2.23. The second-order valence-electron chi connectivity index (χ2n) is 2.16. The van der Waals surface area contributed by atoms with Gasteiger partial charge in [0.1, 0.15) is 0 Å². The van der Waals surface area contributed by atoms with Crippen LogP contribution in [0.15, 0.2) is 9.98 Å². The first-order valence-corrected chi connectivity index (χ1v) is 5.03. The van der Waals surface area contributed by atoms with Crippen molar-refractivity contribution in [1.29, 1.82) is 0 Å². The van der Waals surface area contributed by atoms with E-state index in [1.807, 2.05) is 0 Å². The number of rotatable bonds is 2. The Morgan fingerprint density at radius 3 is 3.07 bits per heavy atom. The average Bonchev–Trinajstić information content (AvgIpc) is 2.75. The van der Waals surface area contributed by atoms with Crippen molar-refractivity contribution in [3.05, 3.63) is 15.8 Å². The molecule has 1 amide bonds. The van der Waals surface area contributed by atoms with Gasteiger partial charge in [0.2, 0.25) is 0 Å². The Bertz CT molecular complexity index is 439. The molecule has 2 N–H and O–H groups in total. The Hall–Kier alpha value is -1.35. The molecule has 2 aromatic rings. The zero-order chi connectivity index (χ0) is 9.97. The number of nitrogens with one attached hydrogen (secondary N) is 2. The molecule has 0 fully saturated rings. The lowest BCUT2D eigenvalue weighted by atomic mass is 10.6. The van der Waals surface area contributed by atoms with Gasteiger partial charge >= 0.3 is 0 Å². The van der Waals surface area contributed by atoms with Gasteiger partial charge in [-0.1, -0.05) is 11.3 Å². The summed E-state index contributed by atoms with van der Waals surface area (Å²) in [7, 11) is 0. The van der Waals surface area contributed by atoms with E-state index >= 15 is 0 Å². The minimum absolute atomic E-state index is 0.0173. The number of hydrogen-bond acceptors (Lipinski definition) is 6. The molecule has 0 saturated heterocycles. The van der Waals surface area contributed by atoms with Crippen LogP contribution in [0.2, 0.25) is 0 Å². The lowest BCUT2D eigenvalue weighted by molar-refractivity contribution is 0.101. The number of H-pyrrole nitrogens is 1. The van der Waals surface area contributed by atoms with Crippen LogP contribution < -0.4 is 5.32 Å². The van der Waals surface area contributed by atoms with Crippen LogP contribution >= 0.6 is 27.3 Å². The molecular formula is C5H3BrN6OS. The highest BCUT2D eigenvalue weighted by atomic mass is 79.9. The smallest absolute Gasteiger partial charge is 0.295 e. The second-order valence-corrected chi connectivity index (χ2v) is 4.57. The Morgan fingerprint density at radius 2 is 2.50 bits per heavy atom. The van der Waals surface area contributed by atoms with Gasteiger partial charge < -0.3 is 0 Å². The third-order valence-electron chi connectivity index (χ3n) is 1.25. The number of carbonyl (C=O) groups excluding carboxylic acids is 1. The number of hydrogen-bond donors (Lipinski definition) is 2. The summed E-state index contributed by atoms with van der Waals surface area (Å²) in [5.74, 6) is -0.461. The predicted octanol–water partition coefficient (Wildman–Crippen LogP) is 0.671. The number of aromatic amines is 1. The van der Waals surface area contributed by atoms with E-state index in [1.165, 1.54) is 11.3 Å². The number of nitrogens with zero attached hydrogens (tertiary/aromatic N) is 4. The molecule has 72 valence electrons. The summed E-state index contributed by atoms with van der Waals surface area (Å²) in [5, 5.41) is 15.5. The van der Waals surface area contributed by atoms with Gasteiger partial charge in [-0.3, -0.25) is 10.1 Å². The van der Waals surface area contributed by atoms with Gasteiger partial charge in [0.25, 0.3) is 11.7 Å². The van der Waals surface area contributed by atoms with E-state index in [2.05, 4.69) is 46.9 Å². The molecule has 7 nitrogen and oxygen atoms in total. The highest BCUT2D eigenvalue weighted by molar-refractivity contribution is 9.11. The molecule has 2 aromatic heterocycles. The van der Waals surface area contributed by atoms with E-state index in [-0.39, 0.29) is 5.82 Å². The maximum atomic E-state index is 11.3. The number of anilines is 1. The van der Waals surface area contributed by atoms with Crippen molar-refractivity contribution in [2.45, 2.75) is 0 Å². The van der Waals surface area contributed by atoms with E-state index in [1.54, 1.807) is 6.20 Å². The van der Waals surface area contributed by atoms with Gasteiger partial charge in [-0.05, 0) is 21.1 Å². The lowest BCUT2D eigenvalue weighted by Crippen LogP contribution is -2.13. The first-order valence-electron chi connectivity index (χ1n) is 3.42. The average molecular weight is 275 g/mol. The largest absolute Gasteiger partial charge is 0.299 e. The van der Waals surface area contributed by atoms with E-state index in [9.17, 15) is 4.79 Å². The van der Waals surface area contributed by atoms with Crippen LogP contribution in [0.5, 0.6) is 0 Å². The van der Waals surface area contributed by atoms with Gasteiger partial charge in [-0.25, -0.2) is 4.98 Å². The Labute approximate surface area is 90.1 Å². The Morgan fingerprint density at radius 1 is 1.64 bits per heavy atom. The number of halogens is 1. The maximum absolute atomic E-state index is 11.3. The molecule has 14 heavy (non-hydrogen) atoms. The van der Waals surface area contributed by atoms with E-state index < -0.39 is 5.91 Å². The van der Waals surface area contributed by atoms with Crippen LogP contribution in [-0.2, 0) is 0 Å². The first-order chi connectivity index (χ1) is 6.75. The standard InChI is InChI=1S/C5H3BrN6OS/c6-2-1-7-5(14-2)8-4(13)3-9-11-12-10-3/h1H,(H,7,8,13)(H,9,10,11,12). The highest BCUT2D eigenvalue weighted by Gasteiger charge is 2.12. The van der Waals surface area contributed by atoms with E-state index in [0.29, 0.717) is 5.13 Å². The molecule has 2 rings (SSSR count). The van der Waals surface area contributed by atoms with Crippen LogP contribution in [0, 0.1) is 0 Å². The summed E-state index contributed by atoms with van der Waals surface area (Å²) in [5.41, 5.74) is 0. The van der Waals surface area contributed by atoms with Crippen LogP contribution in [-0.4, -0.2) is 31.5 Å². The van der Waals surface area contributed by atoms with Gasteiger partial charge in [0.05, 0.1) is 9.98 Å². The summed E-state index contributed by atoms with van der Waals surface area (Å²) < 4.78 is 0.834. The molecule has 2 heterocycles. The number of aromatic nitrogens is 5. The van der Waals surface area contributed by atoms with Crippen molar-refractivity contribution in [3.8, 4) is 0 Å². The predicted molar refractivity (Wildman–Crippen MR) is 51.9 cm³/mol. The maximum Gasteiger partial charge on any atom is 0.299 e. The number of carbonyl (C=O) groups is 1. The molecule has 0 spiro atoms. The van der Waals surface area contributed by atoms with Gasteiger partial charge in [-0.15, -0.1) is 10.2 Å². The molecule has 0 aliphatic carbocycles. The third kappa shape index (κ3) is 1.93. The van der Waals surface area contributed by atoms with Crippen LogP contribution in [0.25, 0.3) is 0 Å². The fourth-order valence-corrected chi connectivity index (χ4v) is 1.82. The lowest BCUT2D eigenvalue weighted by Gasteiger charge is -1.94. The van der Waals surface area contributed by atoms with Gasteiger partial charge in [0.15, 0.2) is 5.13 Å². The number of tetrazole rings is 1. The quantitative estimate of drug-likeness (QED) is 0.839. The van der Waals surface area contributed by atoms with Crippen LogP contribution in [0.3, 0.4) is 0 Å². The molecule has 0 aliphatic heterocycles. The minimum Gasteiger partial charge on any atom is -0.295 e. The van der Waals surface area contributed by atoms with E-state index in [4.69, 9.17) is 0 Å². The monoisotopic (exact) mass is 274 g/mol. The molecule has 0 aromatic carbocycles. The van der Waals surface area contributed by atoms with Crippen LogP contribution in [0.1, 0.15) is 10.6 Å². The molecule has 0 atom stereocenters. The molecule has 0 radical (unpaired) electrons.